The Bertz CT molecular complexity index is 731. The number of carbonyl (C=O) groups is 3. The molecule has 1 aromatic heterocycles. The molecule has 2 aromatic rings. The van der Waals surface area contributed by atoms with Crippen LogP contribution >= 0.6 is 0 Å². The van der Waals surface area contributed by atoms with Crippen molar-refractivity contribution in [3.63, 3.8) is 0 Å². The molecule has 0 bridgehead atoms. The molecule has 1 amide bonds. The van der Waals surface area contributed by atoms with E-state index in [1.54, 1.807) is 24.3 Å². The lowest BCUT2D eigenvalue weighted by Gasteiger charge is -2.06. The Labute approximate surface area is 137 Å². The first-order chi connectivity index (χ1) is 11.6. The standard InChI is InChI=1S/C17H15NO6/c1-22-17(21)12-4-6-13(7-5-12)18-15(19)11-24-16(20)9-8-14-3-2-10-23-14/h2-10H,11H2,1H3,(H,18,19)/b9-8+. The van der Waals surface area contributed by atoms with E-state index in [0.29, 0.717) is 17.0 Å². The molecule has 0 aliphatic rings. The Morgan fingerprint density at radius 1 is 1.17 bits per heavy atom. The van der Waals surface area contributed by atoms with Crippen LogP contribution in [0.25, 0.3) is 6.08 Å². The third kappa shape index (κ3) is 5.13. The van der Waals surface area contributed by atoms with Gasteiger partial charge in [0.05, 0.1) is 18.9 Å². The minimum atomic E-state index is -0.664. The lowest BCUT2D eigenvalue weighted by molar-refractivity contribution is -0.142. The highest BCUT2D eigenvalue weighted by Crippen LogP contribution is 2.10. The number of hydrogen-bond acceptors (Lipinski definition) is 6. The molecule has 0 saturated heterocycles. The molecule has 124 valence electrons. The predicted molar refractivity (Wildman–Crippen MR) is 85.1 cm³/mol. The van der Waals surface area contributed by atoms with Crippen LogP contribution in [0, 0.1) is 0 Å². The first-order valence-electron chi connectivity index (χ1n) is 6.95. The molecule has 0 aliphatic heterocycles. The Morgan fingerprint density at radius 2 is 1.92 bits per heavy atom. The molecule has 7 nitrogen and oxygen atoms in total. The molecule has 1 heterocycles. The van der Waals surface area contributed by atoms with Gasteiger partial charge in [-0.05, 0) is 42.5 Å². The maximum absolute atomic E-state index is 11.7. The molecule has 0 saturated carbocycles. The molecule has 0 fully saturated rings. The third-order valence-electron chi connectivity index (χ3n) is 2.86. The van der Waals surface area contributed by atoms with Crippen LogP contribution in [0.5, 0.6) is 0 Å². The molecule has 1 N–H and O–H groups in total. The summed E-state index contributed by atoms with van der Waals surface area (Å²) in [5, 5.41) is 2.54. The summed E-state index contributed by atoms with van der Waals surface area (Å²) in [5.74, 6) is -1.13. The summed E-state index contributed by atoms with van der Waals surface area (Å²) in [6.45, 7) is -0.430. The van der Waals surface area contributed by atoms with Crippen LogP contribution < -0.4 is 5.32 Å². The number of amides is 1. The number of ether oxygens (including phenoxy) is 2. The molecular formula is C17H15NO6. The second-order valence-electron chi connectivity index (χ2n) is 4.57. The number of esters is 2. The maximum Gasteiger partial charge on any atom is 0.337 e. The highest BCUT2D eigenvalue weighted by atomic mass is 16.5. The first kappa shape index (κ1) is 17.0. The van der Waals surface area contributed by atoms with Crippen molar-refractivity contribution in [2.45, 2.75) is 0 Å². The second kappa shape index (κ2) is 8.33. The third-order valence-corrected chi connectivity index (χ3v) is 2.86. The molecule has 1 aromatic carbocycles. The van der Waals surface area contributed by atoms with Gasteiger partial charge in [-0.25, -0.2) is 9.59 Å². The van der Waals surface area contributed by atoms with Gasteiger partial charge in [0.25, 0.3) is 5.91 Å². The predicted octanol–water partition coefficient (Wildman–Crippen LogP) is 2.26. The smallest absolute Gasteiger partial charge is 0.337 e. The number of benzene rings is 1. The lowest BCUT2D eigenvalue weighted by atomic mass is 10.2. The molecule has 2 rings (SSSR count). The number of methoxy groups -OCH3 is 1. The fourth-order valence-corrected chi connectivity index (χ4v) is 1.73. The number of nitrogens with one attached hydrogen (secondary N) is 1. The molecule has 24 heavy (non-hydrogen) atoms. The molecule has 0 atom stereocenters. The van der Waals surface area contributed by atoms with Crippen molar-refractivity contribution in [1.29, 1.82) is 0 Å². The molecule has 0 unspecified atom stereocenters. The SMILES string of the molecule is COC(=O)c1ccc(NC(=O)COC(=O)/C=C/c2ccco2)cc1. The summed E-state index contributed by atoms with van der Waals surface area (Å²) in [6, 6.07) is 9.48. The summed E-state index contributed by atoms with van der Waals surface area (Å²) < 4.78 is 14.4. The van der Waals surface area contributed by atoms with Crippen molar-refractivity contribution >= 4 is 29.6 Å². The van der Waals surface area contributed by atoms with Crippen molar-refractivity contribution in [1.82, 2.24) is 0 Å². The average molecular weight is 329 g/mol. The number of hydrogen-bond donors (Lipinski definition) is 1. The van der Waals surface area contributed by atoms with Gasteiger partial charge in [-0.15, -0.1) is 0 Å². The molecule has 0 spiro atoms. The zero-order chi connectivity index (χ0) is 17.4. The molecule has 0 aliphatic carbocycles. The van der Waals surface area contributed by atoms with Crippen LogP contribution in [0.15, 0.2) is 53.2 Å². The molecule has 7 heteroatoms. The monoisotopic (exact) mass is 329 g/mol. The van der Waals surface area contributed by atoms with Gasteiger partial charge in [-0.1, -0.05) is 0 Å². The van der Waals surface area contributed by atoms with Crippen molar-refractivity contribution in [3.05, 3.63) is 60.1 Å². The molecular weight excluding hydrogens is 314 g/mol. The van der Waals surface area contributed by atoms with Gasteiger partial charge in [-0.2, -0.15) is 0 Å². The van der Waals surface area contributed by atoms with E-state index >= 15 is 0 Å². The van der Waals surface area contributed by atoms with E-state index in [-0.39, 0.29) is 0 Å². The largest absolute Gasteiger partial charge is 0.465 e. The van der Waals surface area contributed by atoms with E-state index in [4.69, 9.17) is 9.15 Å². The average Bonchev–Trinajstić information content (AvgIpc) is 3.11. The van der Waals surface area contributed by atoms with E-state index < -0.39 is 24.5 Å². The lowest BCUT2D eigenvalue weighted by Crippen LogP contribution is -2.20. The highest BCUT2D eigenvalue weighted by molar-refractivity contribution is 5.95. The minimum Gasteiger partial charge on any atom is -0.465 e. The summed E-state index contributed by atoms with van der Waals surface area (Å²) >= 11 is 0. The normalized spacial score (nSPS) is 10.4. The van der Waals surface area contributed by atoms with Crippen molar-refractivity contribution < 1.29 is 28.3 Å². The van der Waals surface area contributed by atoms with Gasteiger partial charge >= 0.3 is 11.9 Å². The fraction of sp³-hybridized carbons (Fsp3) is 0.118. The summed E-state index contributed by atoms with van der Waals surface area (Å²) in [6.07, 6.45) is 4.08. The van der Waals surface area contributed by atoms with Gasteiger partial charge in [0, 0.05) is 11.8 Å². The molecule has 0 radical (unpaired) electrons. The number of furan rings is 1. The fourth-order valence-electron chi connectivity index (χ4n) is 1.73. The zero-order valence-corrected chi connectivity index (χ0v) is 12.9. The van der Waals surface area contributed by atoms with E-state index in [1.165, 1.54) is 31.6 Å². The highest BCUT2D eigenvalue weighted by Gasteiger charge is 2.08. The van der Waals surface area contributed by atoms with E-state index in [1.807, 2.05) is 0 Å². The van der Waals surface area contributed by atoms with Gasteiger partial charge in [0.1, 0.15) is 5.76 Å². The Morgan fingerprint density at radius 3 is 2.54 bits per heavy atom. The van der Waals surface area contributed by atoms with Crippen LogP contribution in [0.1, 0.15) is 16.1 Å². The van der Waals surface area contributed by atoms with Gasteiger partial charge in [0.15, 0.2) is 6.61 Å². The van der Waals surface area contributed by atoms with Crippen LogP contribution in [-0.4, -0.2) is 31.6 Å². The van der Waals surface area contributed by atoms with E-state index in [2.05, 4.69) is 10.1 Å². The summed E-state index contributed by atoms with van der Waals surface area (Å²) in [5.41, 5.74) is 0.833. The Kier molecular flexibility index (Phi) is 5.90. The number of rotatable bonds is 6. The van der Waals surface area contributed by atoms with Crippen LogP contribution in [0.4, 0.5) is 5.69 Å². The topological polar surface area (TPSA) is 94.8 Å². The van der Waals surface area contributed by atoms with Crippen LogP contribution in [-0.2, 0) is 19.1 Å². The maximum atomic E-state index is 11.7. The van der Waals surface area contributed by atoms with E-state index in [0.717, 1.165) is 6.08 Å². The Balaban J connectivity index is 1.78. The Hall–Kier alpha value is -3.35. The van der Waals surface area contributed by atoms with Gasteiger partial charge in [-0.3, -0.25) is 4.79 Å². The second-order valence-corrected chi connectivity index (χ2v) is 4.57. The summed E-state index contributed by atoms with van der Waals surface area (Å²) in [7, 11) is 1.28. The van der Waals surface area contributed by atoms with E-state index in [9.17, 15) is 14.4 Å². The van der Waals surface area contributed by atoms with Crippen molar-refractivity contribution in [3.8, 4) is 0 Å². The van der Waals surface area contributed by atoms with Crippen molar-refractivity contribution in [2.75, 3.05) is 19.0 Å². The summed E-state index contributed by atoms with van der Waals surface area (Å²) in [4.78, 5) is 34.5. The zero-order valence-electron chi connectivity index (χ0n) is 12.9. The number of anilines is 1. The minimum absolute atomic E-state index is 0.366. The number of carbonyl (C=O) groups excluding carboxylic acids is 3. The van der Waals surface area contributed by atoms with Crippen LogP contribution in [0.3, 0.4) is 0 Å². The first-order valence-corrected chi connectivity index (χ1v) is 6.95. The van der Waals surface area contributed by atoms with Crippen LogP contribution in [0.2, 0.25) is 0 Å². The van der Waals surface area contributed by atoms with Crippen molar-refractivity contribution in [2.24, 2.45) is 0 Å². The van der Waals surface area contributed by atoms with Gasteiger partial charge < -0.3 is 19.2 Å². The quantitative estimate of drug-likeness (QED) is 0.645. The van der Waals surface area contributed by atoms with Gasteiger partial charge in [0.2, 0.25) is 0 Å².